The summed E-state index contributed by atoms with van der Waals surface area (Å²) in [6, 6.07) is 13.5. The molecule has 2 aromatic carbocycles. The van der Waals surface area contributed by atoms with Crippen molar-refractivity contribution in [1.82, 2.24) is 46.4 Å². The van der Waals surface area contributed by atoms with E-state index in [0.29, 0.717) is 23.4 Å². The summed E-state index contributed by atoms with van der Waals surface area (Å²) >= 11 is 0. The van der Waals surface area contributed by atoms with Crippen molar-refractivity contribution in [2.75, 3.05) is 46.4 Å². The molecule has 0 aliphatic carbocycles. The first-order valence-electron chi connectivity index (χ1n) is 21.2. The number of aromatic nitrogens is 2. The SMILES string of the molecule is CNCCNC(=O)[C@H](CCN(C(=O)CO)[C@@H](c1cc(-c2cc(F)ccc2F)cn1Cc1ccccc1)C(C)(C)C)NC(=O)[C@H](CC(N)=O)NC(=O)CNC(=O)CNC(=O)Cc1ccncc1. The Hall–Kier alpha value is -7.06. The maximum Gasteiger partial charge on any atom is 0.248 e. The van der Waals surface area contributed by atoms with Crippen LogP contribution in [0.1, 0.15) is 56.5 Å². The lowest BCUT2D eigenvalue weighted by Gasteiger charge is -2.41. The minimum absolute atomic E-state index is 0.00820. The molecule has 9 N–H and O–H groups in total. The van der Waals surface area contributed by atoms with Gasteiger partial charge in [0.15, 0.2) is 0 Å². The molecule has 0 spiro atoms. The molecule has 0 fully saturated rings. The molecule has 0 unspecified atom stereocenters. The van der Waals surface area contributed by atoms with E-state index in [1.165, 1.54) is 17.3 Å². The number of hydrogen-bond donors (Lipinski definition) is 8. The van der Waals surface area contributed by atoms with Crippen molar-refractivity contribution in [2.24, 2.45) is 11.1 Å². The van der Waals surface area contributed by atoms with E-state index in [0.717, 1.165) is 23.8 Å². The third kappa shape index (κ3) is 15.9. The predicted molar refractivity (Wildman–Crippen MR) is 240 cm³/mol. The number of carbonyl (C=O) groups excluding carboxylic acids is 7. The molecule has 0 aliphatic rings. The number of benzene rings is 2. The number of halogens is 2. The molecule has 354 valence electrons. The standard InChI is InChI=1S/C46H58F2N10O8/c1-46(2,3)43(37-21-31(33-22-32(47)10-11-34(33)48)27-57(37)26-30-8-6-5-7-9-30)58(42(64)28-59)19-14-35(44(65)52-18-17-50-4)56-45(66)36(23-38(49)60)55-41(63)25-54-40(62)24-53-39(61)20-29-12-15-51-16-13-29/h5-13,15-16,21-22,27,35-36,43,50,59H,14,17-20,23-26,28H2,1-4H3,(H2,49,60)(H,52,65)(H,53,61)(H,54,62)(H,55,63)(H,56,66)/t35-,36-,43-/m0/s1. The Kier molecular flexibility index (Phi) is 19.4. The third-order valence-electron chi connectivity index (χ3n) is 10.3. The summed E-state index contributed by atoms with van der Waals surface area (Å²) in [5, 5.41) is 25.6. The molecule has 4 rings (SSSR count). The van der Waals surface area contributed by atoms with Gasteiger partial charge >= 0.3 is 0 Å². The number of hydrogen-bond acceptors (Lipinski definition) is 10. The maximum absolute atomic E-state index is 15.2. The molecule has 18 nitrogen and oxygen atoms in total. The summed E-state index contributed by atoms with van der Waals surface area (Å²) in [6.45, 7) is 3.99. The van der Waals surface area contributed by atoms with Crippen LogP contribution in [0.3, 0.4) is 0 Å². The summed E-state index contributed by atoms with van der Waals surface area (Å²) in [7, 11) is 1.66. The van der Waals surface area contributed by atoms with E-state index < -0.39 is 103 Å². The van der Waals surface area contributed by atoms with Crippen molar-refractivity contribution < 1.29 is 47.4 Å². The van der Waals surface area contributed by atoms with Crippen molar-refractivity contribution in [3.05, 3.63) is 114 Å². The number of nitrogens with one attached hydrogen (secondary N) is 6. The smallest absolute Gasteiger partial charge is 0.248 e. The zero-order valence-electron chi connectivity index (χ0n) is 37.4. The minimum atomic E-state index is -1.61. The average Bonchev–Trinajstić information content (AvgIpc) is 3.68. The van der Waals surface area contributed by atoms with E-state index >= 15 is 4.39 Å². The molecule has 0 radical (unpaired) electrons. The first-order valence-corrected chi connectivity index (χ1v) is 21.2. The van der Waals surface area contributed by atoms with Crippen molar-refractivity contribution in [1.29, 1.82) is 0 Å². The van der Waals surface area contributed by atoms with Crippen LogP contribution in [0.15, 0.2) is 85.3 Å². The average molecular weight is 917 g/mol. The molecule has 0 aliphatic heterocycles. The number of nitrogens with zero attached hydrogens (tertiary/aromatic N) is 3. The lowest BCUT2D eigenvalue weighted by atomic mass is 9.82. The highest BCUT2D eigenvalue weighted by Crippen LogP contribution is 2.41. The quantitative estimate of drug-likeness (QED) is 0.0460. The predicted octanol–water partition coefficient (Wildman–Crippen LogP) is 0.831. The number of aliphatic hydroxyl groups excluding tert-OH is 1. The van der Waals surface area contributed by atoms with Gasteiger partial charge in [0.1, 0.15) is 30.3 Å². The number of carbonyl (C=O) groups is 7. The highest BCUT2D eigenvalue weighted by Gasteiger charge is 2.38. The van der Waals surface area contributed by atoms with Crippen LogP contribution < -0.4 is 37.6 Å². The van der Waals surface area contributed by atoms with E-state index in [4.69, 9.17) is 5.73 Å². The lowest BCUT2D eigenvalue weighted by molar-refractivity contribution is -0.140. The van der Waals surface area contributed by atoms with Crippen molar-refractivity contribution in [2.45, 2.75) is 64.7 Å². The highest BCUT2D eigenvalue weighted by atomic mass is 19.1. The maximum atomic E-state index is 15.2. The van der Waals surface area contributed by atoms with E-state index in [-0.39, 0.29) is 38.0 Å². The van der Waals surface area contributed by atoms with Gasteiger partial charge < -0.3 is 52.2 Å². The largest absolute Gasteiger partial charge is 0.387 e. The molecular weight excluding hydrogens is 859 g/mol. The van der Waals surface area contributed by atoms with Crippen LogP contribution in [-0.2, 0) is 46.5 Å². The van der Waals surface area contributed by atoms with Gasteiger partial charge in [-0.25, -0.2) is 8.78 Å². The number of pyridine rings is 1. The van der Waals surface area contributed by atoms with Gasteiger partial charge in [-0.3, -0.25) is 38.5 Å². The first kappa shape index (κ1) is 51.6. The van der Waals surface area contributed by atoms with Crippen LogP contribution in [0.4, 0.5) is 8.78 Å². The van der Waals surface area contributed by atoms with Crippen LogP contribution in [0.2, 0.25) is 0 Å². The Morgan fingerprint density at radius 1 is 0.803 bits per heavy atom. The highest BCUT2D eigenvalue weighted by molar-refractivity contribution is 5.96. The summed E-state index contributed by atoms with van der Waals surface area (Å²) in [4.78, 5) is 96.4. The van der Waals surface area contributed by atoms with Crippen LogP contribution in [0.5, 0.6) is 0 Å². The lowest BCUT2D eigenvalue weighted by Crippen LogP contribution is -2.56. The van der Waals surface area contributed by atoms with Crippen molar-refractivity contribution >= 4 is 41.4 Å². The Labute approximate surface area is 381 Å². The Balaban J connectivity index is 1.58. The second-order valence-electron chi connectivity index (χ2n) is 16.5. The van der Waals surface area contributed by atoms with Gasteiger partial charge in [-0.15, -0.1) is 0 Å². The molecule has 0 bridgehead atoms. The van der Waals surface area contributed by atoms with Crippen LogP contribution in [0.25, 0.3) is 11.1 Å². The zero-order valence-corrected chi connectivity index (χ0v) is 37.4. The van der Waals surface area contributed by atoms with Gasteiger partial charge in [0.05, 0.1) is 32.0 Å². The zero-order chi connectivity index (χ0) is 48.4. The van der Waals surface area contributed by atoms with Gasteiger partial charge in [0.25, 0.3) is 0 Å². The van der Waals surface area contributed by atoms with Gasteiger partial charge in [0, 0.05) is 61.6 Å². The molecule has 4 aromatic rings. The normalized spacial score (nSPS) is 12.5. The van der Waals surface area contributed by atoms with Gasteiger partial charge in [-0.2, -0.15) is 0 Å². The fourth-order valence-electron chi connectivity index (χ4n) is 7.17. The molecule has 3 atom stereocenters. The number of aliphatic hydroxyl groups is 1. The Morgan fingerprint density at radius 2 is 1.48 bits per heavy atom. The summed E-state index contributed by atoms with van der Waals surface area (Å²) in [5.74, 6) is -6.79. The number of primary amides is 1. The number of nitrogens with two attached hydrogens (primary N) is 1. The number of amides is 7. The molecule has 66 heavy (non-hydrogen) atoms. The minimum Gasteiger partial charge on any atom is -0.387 e. The van der Waals surface area contributed by atoms with Crippen LogP contribution in [0, 0.1) is 17.0 Å². The van der Waals surface area contributed by atoms with Gasteiger partial charge in [0.2, 0.25) is 41.4 Å². The monoisotopic (exact) mass is 916 g/mol. The van der Waals surface area contributed by atoms with E-state index in [2.05, 4.69) is 36.9 Å². The Morgan fingerprint density at radius 3 is 2.14 bits per heavy atom. The molecule has 20 heteroatoms. The fraction of sp³-hybridized carbons (Fsp3) is 0.391. The third-order valence-corrected chi connectivity index (χ3v) is 10.3. The van der Waals surface area contributed by atoms with E-state index in [1.807, 2.05) is 55.7 Å². The molecule has 0 saturated carbocycles. The summed E-state index contributed by atoms with van der Waals surface area (Å²) in [6.07, 6.45) is 3.74. The number of rotatable bonds is 24. The van der Waals surface area contributed by atoms with Gasteiger partial charge in [-0.1, -0.05) is 51.1 Å². The molecular formula is C46H58F2N10O8. The first-order chi connectivity index (χ1) is 31.4. The summed E-state index contributed by atoms with van der Waals surface area (Å²) < 4.78 is 31.6. The van der Waals surface area contributed by atoms with Crippen molar-refractivity contribution in [3.63, 3.8) is 0 Å². The molecule has 0 saturated heterocycles. The van der Waals surface area contributed by atoms with Crippen molar-refractivity contribution in [3.8, 4) is 11.1 Å². The molecule has 7 amide bonds. The van der Waals surface area contributed by atoms with E-state index in [9.17, 15) is 43.1 Å². The molecule has 2 aromatic heterocycles. The second-order valence-corrected chi connectivity index (χ2v) is 16.5. The van der Waals surface area contributed by atoms with E-state index in [1.54, 1.807) is 31.4 Å². The molecule has 2 heterocycles. The number of likely N-dealkylation sites (N-methyl/N-ethyl adjacent to an activating group) is 1. The topological polar surface area (TPSA) is 259 Å². The Bertz CT molecular complexity index is 2310. The fourth-order valence-corrected chi connectivity index (χ4v) is 7.17. The summed E-state index contributed by atoms with van der Waals surface area (Å²) in [5.41, 5.74) is 6.96. The van der Waals surface area contributed by atoms with Gasteiger partial charge in [-0.05, 0) is 66.4 Å². The van der Waals surface area contributed by atoms with Crippen LogP contribution in [-0.4, -0.2) is 119 Å². The second kappa shape index (κ2) is 24.9. The van der Waals surface area contributed by atoms with Crippen LogP contribution >= 0.6 is 0 Å².